The molecule has 0 unspecified atom stereocenters. The van der Waals surface area contributed by atoms with Crippen LogP contribution in [0.1, 0.15) is 245 Å². The summed E-state index contributed by atoms with van der Waals surface area (Å²) in [6.45, 7) is 5.57. The van der Waals surface area contributed by atoms with Gasteiger partial charge in [0.1, 0.15) is 0 Å². The van der Waals surface area contributed by atoms with Gasteiger partial charge in [-0.25, -0.2) is 4.79 Å². The Balaban J connectivity index is 3.20. The first kappa shape index (κ1) is 46.8. The molecule has 0 aromatic heterocycles. The minimum absolute atomic E-state index is 0.475. The van der Waals surface area contributed by atoms with Crippen molar-refractivity contribution >= 4 is 6.16 Å². The van der Waals surface area contributed by atoms with Crippen LogP contribution in [0.15, 0.2) is 24.3 Å². The average Bonchev–Trinajstić information content (AvgIpc) is 3.09. The number of unbranched alkanes of at least 4 members (excludes halogenated alkanes) is 32. The number of carbonyl (C=O) groups is 1. The van der Waals surface area contributed by atoms with Crippen LogP contribution >= 0.6 is 0 Å². The zero-order valence-corrected chi connectivity index (χ0v) is 32.9. The summed E-state index contributed by atoms with van der Waals surface area (Å²) in [4.78, 5) is 11.8. The predicted molar refractivity (Wildman–Crippen MR) is 213 cm³/mol. The van der Waals surface area contributed by atoms with Gasteiger partial charge in [0.05, 0.1) is 13.2 Å². The van der Waals surface area contributed by atoms with Crippen molar-refractivity contribution < 1.29 is 14.3 Å². The van der Waals surface area contributed by atoms with Crippen LogP contribution < -0.4 is 0 Å². The van der Waals surface area contributed by atoms with Crippen molar-refractivity contribution in [2.24, 2.45) is 0 Å². The second kappa shape index (κ2) is 43.8. The van der Waals surface area contributed by atoms with Crippen LogP contribution in [0.5, 0.6) is 0 Å². The van der Waals surface area contributed by atoms with Crippen LogP contribution in [0.25, 0.3) is 0 Å². The van der Waals surface area contributed by atoms with Crippen LogP contribution in [0.3, 0.4) is 0 Å². The fraction of sp³-hybridized carbons (Fsp3) is 0.889. The summed E-state index contributed by atoms with van der Waals surface area (Å²) >= 11 is 0. The molecular formula is C45H86O3. The van der Waals surface area contributed by atoms with E-state index in [1.54, 1.807) is 0 Å². The lowest BCUT2D eigenvalue weighted by Crippen LogP contribution is -2.09. The molecule has 0 atom stereocenters. The highest BCUT2D eigenvalue weighted by atomic mass is 16.7. The topological polar surface area (TPSA) is 35.5 Å². The van der Waals surface area contributed by atoms with Gasteiger partial charge in [0.15, 0.2) is 0 Å². The van der Waals surface area contributed by atoms with Crippen molar-refractivity contribution in [3.63, 3.8) is 0 Å². The van der Waals surface area contributed by atoms with Gasteiger partial charge in [-0.05, 0) is 64.2 Å². The van der Waals surface area contributed by atoms with E-state index in [2.05, 4.69) is 38.2 Å². The molecule has 0 N–H and O–H groups in total. The molecule has 0 heterocycles. The van der Waals surface area contributed by atoms with E-state index in [4.69, 9.17) is 9.47 Å². The van der Waals surface area contributed by atoms with E-state index in [1.165, 1.54) is 205 Å². The molecule has 3 nitrogen and oxygen atoms in total. The average molecular weight is 675 g/mol. The van der Waals surface area contributed by atoms with Gasteiger partial charge in [-0.2, -0.15) is 0 Å². The van der Waals surface area contributed by atoms with Crippen molar-refractivity contribution in [3.05, 3.63) is 24.3 Å². The van der Waals surface area contributed by atoms with Crippen LogP contribution in [-0.4, -0.2) is 19.4 Å². The quantitative estimate of drug-likeness (QED) is 0.0369. The summed E-state index contributed by atoms with van der Waals surface area (Å²) in [6, 6.07) is 0. The monoisotopic (exact) mass is 675 g/mol. The van der Waals surface area contributed by atoms with Crippen LogP contribution in [-0.2, 0) is 9.47 Å². The van der Waals surface area contributed by atoms with Crippen LogP contribution in [0.4, 0.5) is 4.79 Å². The van der Waals surface area contributed by atoms with E-state index in [1.807, 2.05) is 0 Å². The smallest absolute Gasteiger partial charge is 0.434 e. The molecule has 0 spiro atoms. The molecule has 0 saturated carbocycles. The maximum absolute atomic E-state index is 11.8. The summed E-state index contributed by atoms with van der Waals surface area (Å²) in [5.74, 6) is 0. The molecule has 0 amide bonds. The van der Waals surface area contributed by atoms with Crippen molar-refractivity contribution in [1.82, 2.24) is 0 Å². The summed E-state index contributed by atoms with van der Waals surface area (Å²) < 4.78 is 10.5. The van der Waals surface area contributed by atoms with E-state index in [0.29, 0.717) is 13.2 Å². The third-order valence-corrected chi connectivity index (χ3v) is 9.75. The Morgan fingerprint density at radius 3 is 0.771 bits per heavy atom. The SMILES string of the molecule is CCCCCCCCC=CCCCCCCCCCCCCOC(=O)OCCCCCCCCCCCCC=CCCCCCCCC. The molecule has 0 aliphatic carbocycles. The largest absolute Gasteiger partial charge is 0.508 e. The van der Waals surface area contributed by atoms with E-state index in [9.17, 15) is 4.79 Å². The number of allylic oxidation sites excluding steroid dienone is 4. The van der Waals surface area contributed by atoms with Crippen molar-refractivity contribution in [3.8, 4) is 0 Å². The second-order valence-electron chi connectivity index (χ2n) is 14.7. The molecule has 0 aliphatic heterocycles. The molecule has 0 aliphatic rings. The molecule has 3 heteroatoms. The summed E-state index contributed by atoms with van der Waals surface area (Å²) in [5.41, 5.74) is 0. The molecule has 0 aromatic carbocycles. The van der Waals surface area contributed by atoms with Crippen molar-refractivity contribution in [2.75, 3.05) is 13.2 Å². The Hall–Kier alpha value is -1.25. The maximum atomic E-state index is 11.8. The Labute approximate surface area is 302 Å². The molecule has 48 heavy (non-hydrogen) atoms. The molecule has 0 bridgehead atoms. The maximum Gasteiger partial charge on any atom is 0.508 e. The molecule has 284 valence electrons. The minimum Gasteiger partial charge on any atom is -0.434 e. The molecule has 0 radical (unpaired) electrons. The van der Waals surface area contributed by atoms with Gasteiger partial charge in [0, 0.05) is 0 Å². The van der Waals surface area contributed by atoms with Crippen LogP contribution in [0, 0.1) is 0 Å². The highest BCUT2D eigenvalue weighted by Crippen LogP contribution is 2.14. The predicted octanol–water partition coefficient (Wildman–Crippen LogP) is 16.3. The number of hydrogen-bond donors (Lipinski definition) is 0. The summed E-state index contributed by atoms with van der Waals surface area (Å²) in [7, 11) is 0. The van der Waals surface area contributed by atoms with Gasteiger partial charge in [-0.3, -0.25) is 0 Å². The number of ether oxygens (including phenoxy) is 2. The first-order valence-corrected chi connectivity index (χ1v) is 21.9. The molecular weight excluding hydrogens is 588 g/mol. The molecule has 0 fully saturated rings. The normalized spacial score (nSPS) is 11.7. The summed E-state index contributed by atoms with van der Waals surface area (Å²) in [5, 5.41) is 0. The van der Waals surface area contributed by atoms with Gasteiger partial charge >= 0.3 is 6.16 Å². The molecule has 0 saturated heterocycles. The Morgan fingerprint density at radius 2 is 0.521 bits per heavy atom. The zero-order valence-electron chi connectivity index (χ0n) is 32.9. The standard InChI is InChI=1S/C45H86O3/c1-3-5-7-9-11-13-15-17-19-21-23-25-27-29-31-33-35-37-39-41-43-47-45(46)48-44-42-40-38-36-34-32-30-28-26-24-22-20-18-16-14-12-10-8-6-4-2/h17-20H,3-16,21-44H2,1-2H3. The number of rotatable bonds is 40. The van der Waals surface area contributed by atoms with Crippen LogP contribution in [0.2, 0.25) is 0 Å². The Kier molecular flexibility index (Phi) is 42.6. The first-order valence-electron chi connectivity index (χ1n) is 21.9. The number of hydrogen-bond acceptors (Lipinski definition) is 3. The van der Waals surface area contributed by atoms with Crippen molar-refractivity contribution in [2.45, 2.75) is 245 Å². The fourth-order valence-electron chi connectivity index (χ4n) is 6.47. The Bertz CT molecular complexity index is 601. The fourth-order valence-corrected chi connectivity index (χ4v) is 6.47. The number of carbonyl (C=O) groups excluding carboxylic acids is 1. The molecule has 0 aromatic rings. The highest BCUT2D eigenvalue weighted by molar-refractivity contribution is 5.59. The minimum atomic E-state index is -0.475. The lowest BCUT2D eigenvalue weighted by atomic mass is 10.1. The van der Waals surface area contributed by atoms with E-state index >= 15 is 0 Å². The van der Waals surface area contributed by atoms with E-state index < -0.39 is 6.16 Å². The van der Waals surface area contributed by atoms with Gasteiger partial charge in [-0.15, -0.1) is 0 Å². The van der Waals surface area contributed by atoms with Gasteiger partial charge in [-0.1, -0.05) is 205 Å². The lowest BCUT2D eigenvalue weighted by Gasteiger charge is -2.07. The highest BCUT2D eigenvalue weighted by Gasteiger charge is 2.03. The van der Waals surface area contributed by atoms with Gasteiger partial charge in [0.2, 0.25) is 0 Å². The lowest BCUT2D eigenvalue weighted by molar-refractivity contribution is 0.0529. The first-order chi connectivity index (χ1) is 23.8. The Morgan fingerprint density at radius 1 is 0.312 bits per heavy atom. The van der Waals surface area contributed by atoms with Gasteiger partial charge in [0.25, 0.3) is 0 Å². The third kappa shape index (κ3) is 42.8. The zero-order chi connectivity index (χ0) is 34.7. The second-order valence-corrected chi connectivity index (χ2v) is 14.7. The third-order valence-electron chi connectivity index (χ3n) is 9.75. The summed E-state index contributed by atoms with van der Waals surface area (Å²) in [6.07, 6.45) is 56.8. The van der Waals surface area contributed by atoms with Crippen molar-refractivity contribution in [1.29, 1.82) is 0 Å². The van der Waals surface area contributed by atoms with Gasteiger partial charge < -0.3 is 9.47 Å². The van der Waals surface area contributed by atoms with E-state index in [-0.39, 0.29) is 0 Å². The van der Waals surface area contributed by atoms with E-state index in [0.717, 1.165) is 25.7 Å². The molecule has 0 rings (SSSR count).